The predicted molar refractivity (Wildman–Crippen MR) is 59.4 cm³/mol. The highest BCUT2D eigenvalue weighted by atomic mass is 16.5. The third-order valence-electron chi connectivity index (χ3n) is 2.17. The smallest absolute Gasteiger partial charge is 0.168 e. The standard InChI is InChI=1S/C12H10N2O2/c1-16-11-4-2-3-9(5-11)12-6-10(7-15)13-8-14-12/h2-8H,1H3. The molecule has 4 heteroatoms. The van der Waals surface area contributed by atoms with Crippen molar-refractivity contribution in [3.8, 4) is 17.0 Å². The van der Waals surface area contributed by atoms with Crippen molar-refractivity contribution < 1.29 is 9.53 Å². The maximum absolute atomic E-state index is 10.6. The third kappa shape index (κ3) is 2.06. The molecule has 0 fully saturated rings. The lowest BCUT2D eigenvalue weighted by Crippen LogP contribution is -1.91. The molecule has 1 heterocycles. The second-order valence-corrected chi connectivity index (χ2v) is 3.18. The van der Waals surface area contributed by atoms with E-state index in [9.17, 15) is 4.79 Å². The van der Waals surface area contributed by atoms with Crippen molar-refractivity contribution in [1.82, 2.24) is 9.97 Å². The fourth-order valence-electron chi connectivity index (χ4n) is 1.38. The number of benzene rings is 1. The van der Waals surface area contributed by atoms with Crippen LogP contribution < -0.4 is 4.74 Å². The van der Waals surface area contributed by atoms with Gasteiger partial charge in [-0.1, -0.05) is 12.1 Å². The Balaban J connectivity index is 2.45. The minimum atomic E-state index is 0.368. The van der Waals surface area contributed by atoms with Crippen molar-refractivity contribution in [1.29, 1.82) is 0 Å². The van der Waals surface area contributed by atoms with Crippen molar-refractivity contribution in [3.05, 3.63) is 42.4 Å². The second-order valence-electron chi connectivity index (χ2n) is 3.18. The minimum absolute atomic E-state index is 0.368. The van der Waals surface area contributed by atoms with Crippen LogP contribution >= 0.6 is 0 Å². The number of ether oxygens (including phenoxy) is 1. The lowest BCUT2D eigenvalue weighted by atomic mass is 10.1. The van der Waals surface area contributed by atoms with Gasteiger partial charge >= 0.3 is 0 Å². The van der Waals surface area contributed by atoms with E-state index in [2.05, 4.69) is 9.97 Å². The highest BCUT2D eigenvalue weighted by Crippen LogP contribution is 2.21. The number of hydrogen-bond donors (Lipinski definition) is 0. The number of hydrogen-bond acceptors (Lipinski definition) is 4. The number of aldehydes is 1. The van der Waals surface area contributed by atoms with Gasteiger partial charge in [0.2, 0.25) is 0 Å². The lowest BCUT2D eigenvalue weighted by molar-refractivity contribution is 0.111. The van der Waals surface area contributed by atoms with Crippen molar-refractivity contribution in [2.75, 3.05) is 7.11 Å². The zero-order valence-electron chi connectivity index (χ0n) is 8.75. The van der Waals surface area contributed by atoms with E-state index in [0.29, 0.717) is 17.7 Å². The summed E-state index contributed by atoms with van der Waals surface area (Å²) in [5, 5.41) is 0. The normalized spacial score (nSPS) is 9.81. The summed E-state index contributed by atoms with van der Waals surface area (Å²) in [4.78, 5) is 18.5. The van der Waals surface area contributed by atoms with Gasteiger partial charge in [0.05, 0.1) is 12.8 Å². The summed E-state index contributed by atoms with van der Waals surface area (Å²) in [6.45, 7) is 0. The SMILES string of the molecule is COc1cccc(-c2cc(C=O)ncn2)c1. The van der Waals surface area contributed by atoms with E-state index in [0.717, 1.165) is 11.3 Å². The van der Waals surface area contributed by atoms with Crippen LogP contribution in [0.2, 0.25) is 0 Å². The van der Waals surface area contributed by atoms with Crippen LogP contribution in [0.1, 0.15) is 10.5 Å². The van der Waals surface area contributed by atoms with Gasteiger partial charge in [0.15, 0.2) is 6.29 Å². The van der Waals surface area contributed by atoms with Crippen molar-refractivity contribution >= 4 is 6.29 Å². The summed E-state index contributed by atoms with van der Waals surface area (Å²) in [5.74, 6) is 0.753. The number of rotatable bonds is 3. The first kappa shape index (κ1) is 10.3. The number of methoxy groups -OCH3 is 1. The first-order chi connectivity index (χ1) is 7.83. The molecule has 0 aliphatic rings. The Morgan fingerprint density at radius 2 is 2.12 bits per heavy atom. The molecule has 0 saturated carbocycles. The van der Waals surface area contributed by atoms with Crippen molar-refractivity contribution in [3.63, 3.8) is 0 Å². The maximum atomic E-state index is 10.6. The Labute approximate surface area is 92.9 Å². The Morgan fingerprint density at radius 1 is 1.25 bits per heavy atom. The van der Waals surface area contributed by atoms with Crippen molar-refractivity contribution in [2.45, 2.75) is 0 Å². The quantitative estimate of drug-likeness (QED) is 0.733. The van der Waals surface area contributed by atoms with E-state index in [4.69, 9.17) is 4.74 Å². The van der Waals surface area contributed by atoms with Crippen LogP contribution in [-0.4, -0.2) is 23.4 Å². The molecule has 0 atom stereocenters. The lowest BCUT2D eigenvalue weighted by Gasteiger charge is -2.03. The molecule has 0 amide bonds. The van der Waals surface area contributed by atoms with E-state index in [1.165, 1.54) is 6.33 Å². The van der Waals surface area contributed by atoms with Gasteiger partial charge in [-0.05, 0) is 18.2 Å². The monoisotopic (exact) mass is 214 g/mol. The Kier molecular flexibility index (Phi) is 2.91. The molecule has 80 valence electrons. The van der Waals surface area contributed by atoms with E-state index in [1.807, 2.05) is 24.3 Å². The van der Waals surface area contributed by atoms with Gasteiger partial charge in [0, 0.05) is 5.56 Å². The number of carbonyl (C=O) groups excluding carboxylic acids is 1. The van der Waals surface area contributed by atoms with Crippen LogP contribution in [0.5, 0.6) is 5.75 Å². The van der Waals surface area contributed by atoms with E-state index in [1.54, 1.807) is 13.2 Å². The number of carbonyl (C=O) groups is 1. The molecular formula is C12H10N2O2. The minimum Gasteiger partial charge on any atom is -0.497 e. The molecule has 2 rings (SSSR count). The number of nitrogens with zero attached hydrogens (tertiary/aromatic N) is 2. The Morgan fingerprint density at radius 3 is 2.88 bits per heavy atom. The molecule has 0 aliphatic carbocycles. The molecular weight excluding hydrogens is 204 g/mol. The van der Waals surface area contributed by atoms with Crippen LogP contribution in [0.25, 0.3) is 11.3 Å². The molecule has 0 saturated heterocycles. The third-order valence-corrected chi connectivity index (χ3v) is 2.17. The first-order valence-electron chi connectivity index (χ1n) is 4.75. The highest BCUT2D eigenvalue weighted by Gasteiger charge is 2.02. The van der Waals surface area contributed by atoms with Crippen molar-refractivity contribution in [2.24, 2.45) is 0 Å². The largest absolute Gasteiger partial charge is 0.497 e. The van der Waals surface area contributed by atoms with Crippen LogP contribution in [0, 0.1) is 0 Å². The molecule has 0 spiro atoms. The average molecular weight is 214 g/mol. The maximum Gasteiger partial charge on any atom is 0.168 e. The van der Waals surface area contributed by atoms with Gasteiger partial charge in [-0.15, -0.1) is 0 Å². The van der Waals surface area contributed by atoms with Crippen LogP contribution in [0.4, 0.5) is 0 Å². The predicted octanol–water partition coefficient (Wildman–Crippen LogP) is 1.96. The molecule has 4 nitrogen and oxygen atoms in total. The van der Waals surface area contributed by atoms with Crippen LogP contribution in [-0.2, 0) is 0 Å². The van der Waals surface area contributed by atoms with Gasteiger partial charge in [-0.25, -0.2) is 9.97 Å². The zero-order chi connectivity index (χ0) is 11.4. The molecule has 16 heavy (non-hydrogen) atoms. The highest BCUT2D eigenvalue weighted by molar-refractivity contribution is 5.74. The topological polar surface area (TPSA) is 52.1 Å². The summed E-state index contributed by atoms with van der Waals surface area (Å²) >= 11 is 0. The van der Waals surface area contributed by atoms with E-state index < -0.39 is 0 Å². The van der Waals surface area contributed by atoms with Gasteiger partial charge in [0.25, 0.3) is 0 Å². The summed E-state index contributed by atoms with van der Waals surface area (Å²) in [5.41, 5.74) is 1.97. The fraction of sp³-hybridized carbons (Fsp3) is 0.0833. The molecule has 0 radical (unpaired) electrons. The van der Waals surface area contributed by atoms with E-state index >= 15 is 0 Å². The van der Waals surface area contributed by atoms with Crippen LogP contribution in [0.15, 0.2) is 36.7 Å². The Bertz CT molecular complexity index is 512. The van der Waals surface area contributed by atoms with E-state index in [-0.39, 0.29) is 0 Å². The van der Waals surface area contributed by atoms with Crippen LogP contribution in [0.3, 0.4) is 0 Å². The van der Waals surface area contributed by atoms with Gasteiger partial charge in [-0.3, -0.25) is 4.79 Å². The second kappa shape index (κ2) is 4.53. The molecule has 1 aromatic heterocycles. The molecule has 0 unspecified atom stereocenters. The van der Waals surface area contributed by atoms with Gasteiger partial charge in [-0.2, -0.15) is 0 Å². The summed E-state index contributed by atoms with van der Waals surface area (Å²) in [6, 6.07) is 9.13. The number of aromatic nitrogens is 2. The van der Waals surface area contributed by atoms with Gasteiger partial charge < -0.3 is 4.74 Å². The molecule has 2 aromatic rings. The first-order valence-corrected chi connectivity index (χ1v) is 4.75. The summed E-state index contributed by atoms with van der Waals surface area (Å²) < 4.78 is 5.12. The van der Waals surface area contributed by atoms with Gasteiger partial charge in [0.1, 0.15) is 17.8 Å². The fourth-order valence-corrected chi connectivity index (χ4v) is 1.38. The average Bonchev–Trinajstić information content (AvgIpc) is 2.39. The molecule has 0 N–H and O–H groups in total. The molecule has 0 aliphatic heterocycles. The molecule has 1 aromatic carbocycles. The Hall–Kier alpha value is -2.23. The summed E-state index contributed by atoms with van der Waals surface area (Å²) in [6.07, 6.45) is 2.07. The zero-order valence-corrected chi connectivity index (χ0v) is 8.75. The summed E-state index contributed by atoms with van der Waals surface area (Å²) in [7, 11) is 1.61. The molecule has 0 bridgehead atoms.